The highest BCUT2D eigenvalue weighted by Gasteiger charge is 2.26. The summed E-state index contributed by atoms with van der Waals surface area (Å²) in [5.41, 5.74) is 0.562. The van der Waals surface area contributed by atoms with Crippen molar-refractivity contribution >= 4 is 29.3 Å². The van der Waals surface area contributed by atoms with Gasteiger partial charge in [0.05, 0.1) is 44.1 Å². The van der Waals surface area contributed by atoms with Crippen LogP contribution in [-0.2, 0) is 20.8 Å². The zero-order chi connectivity index (χ0) is 23.0. The summed E-state index contributed by atoms with van der Waals surface area (Å²) in [4.78, 5) is 16.7. The molecule has 9 nitrogen and oxygen atoms in total. The van der Waals surface area contributed by atoms with Gasteiger partial charge in [-0.05, 0) is 37.1 Å². The number of hydrogen-bond acceptors (Lipinski definition) is 8. The number of rotatable bonds is 9. The van der Waals surface area contributed by atoms with E-state index in [2.05, 4.69) is 21.2 Å². The van der Waals surface area contributed by atoms with E-state index in [1.54, 1.807) is 12.1 Å². The topological polar surface area (TPSA) is 96.5 Å². The van der Waals surface area contributed by atoms with Crippen LogP contribution >= 0.6 is 11.8 Å². The Balaban J connectivity index is 1.49. The van der Waals surface area contributed by atoms with E-state index in [4.69, 9.17) is 14.7 Å². The molecule has 1 atom stereocenters. The lowest BCUT2D eigenvalue weighted by Crippen LogP contribution is -2.38. The van der Waals surface area contributed by atoms with E-state index in [9.17, 15) is 9.18 Å². The van der Waals surface area contributed by atoms with Crippen LogP contribution in [-0.4, -0.2) is 72.0 Å². The third-order valence-electron chi connectivity index (χ3n) is 5.61. The molecule has 176 valence electrons. The van der Waals surface area contributed by atoms with Gasteiger partial charge in [0, 0.05) is 31.9 Å². The molecule has 0 radical (unpaired) electrons. The van der Waals surface area contributed by atoms with E-state index < -0.39 is 0 Å². The average Bonchev–Trinajstić information content (AvgIpc) is 3.50. The van der Waals surface area contributed by atoms with Crippen molar-refractivity contribution in [2.45, 2.75) is 37.1 Å². The van der Waals surface area contributed by atoms with Gasteiger partial charge in [0.25, 0.3) is 0 Å². The van der Waals surface area contributed by atoms with Crippen LogP contribution in [0.3, 0.4) is 0 Å². The minimum absolute atomic E-state index is 0.0992. The standard InChI is InChI=1S/C22H27FN6O3S/c23-17-4-6-18(7-5-17)28(9-2-8-24)20(30)16-33-22-26-25-21(27-10-13-31-14-11-27)29(22)15-19-3-1-12-32-19/h4-7,19H,1-3,9-16H2. The number of carbonyl (C=O) groups is 1. The molecule has 0 spiro atoms. The minimum atomic E-state index is -0.376. The van der Waals surface area contributed by atoms with Crippen LogP contribution in [0, 0.1) is 17.1 Å². The summed E-state index contributed by atoms with van der Waals surface area (Å²) in [5, 5.41) is 18.4. The van der Waals surface area contributed by atoms with Gasteiger partial charge in [-0.3, -0.25) is 9.36 Å². The molecule has 0 N–H and O–H groups in total. The number of thioether (sulfide) groups is 1. The van der Waals surface area contributed by atoms with Gasteiger partial charge in [0.15, 0.2) is 5.16 Å². The molecular weight excluding hydrogens is 447 g/mol. The number of nitriles is 1. The summed E-state index contributed by atoms with van der Waals surface area (Å²) >= 11 is 1.31. The maximum atomic E-state index is 13.3. The molecule has 33 heavy (non-hydrogen) atoms. The first-order valence-electron chi connectivity index (χ1n) is 11.1. The highest BCUT2D eigenvalue weighted by molar-refractivity contribution is 7.99. The Morgan fingerprint density at radius 1 is 1.24 bits per heavy atom. The lowest BCUT2D eigenvalue weighted by molar-refractivity contribution is -0.116. The predicted molar refractivity (Wildman–Crippen MR) is 122 cm³/mol. The Labute approximate surface area is 196 Å². The van der Waals surface area contributed by atoms with E-state index in [0.29, 0.717) is 30.6 Å². The van der Waals surface area contributed by atoms with E-state index in [0.717, 1.165) is 38.5 Å². The van der Waals surface area contributed by atoms with Gasteiger partial charge in [-0.2, -0.15) is 5.26 Å². The molecule has 0 saturated carbocycles. The van der Waals surface area contributed by atoms with Gasteiger partial charge in [-0.15, -0.1) is 10.2 Å². The summed E-state index contributed by atoms with van der Waals surface area (Å²) in [7, 11) is 0. The molecule has 0 aliphatic carbocycles. The summed E-state index contributed by atoms with van der Waals surface area (Å²) in [5.74, 6) is 0.332. The second kappa shape index (κ2) is 11.4. The first-order chi connectivity index (χ1) is 16.2. The molecule has 2 saturated heterocycles. The second-order valence-corrected chi connectivity index (χ2v) is 8.79. The number of halogens is 1. The summed E-state index contributed by atoms with van der Waals surface area (Å²) in [6.45, 7) is 4.37. The molecule has 3 heterocycles. The fourth-order valence-corrected chi connectivity index (χ4v) is 4.74. The van der Waals surface area contributed by atoms with Crippen molar-refractivity contribution in [2.75, 3.05) is 55.0 Å². The number of benzene rings is 1. The van der Waals surface area contributed by atoms with Gasteiger partial charge in [-0.25, -0.2) is 4.39 Å². The first-order valence-corrected chi connectivity index (χ1v) is 12.1. The molecule has 2 aliphatic heterocycles. The number of carbonyl (C=O) groups excluding carboxylic acids is 1. The van der Waals surface area contributed by atoms with E-state index >= 15 is 0 Å². The zero-order valence-electron chi connectivity index (χ0n) is 18.4. The summed E-state index contributed by atoms with van der Waals surface area (Å²) in [6.07, 6.45) is 2.30. The molecule has 4 rings (SSSR count). The number of nitrogens with zero attached hydrogens (tertiary/aromatic N) is 6. The van der Waals surface area contributed by atoms with Crippen LogP contribution in [0.2, 0.25) is 0 Å². The number of amides is 1. The molecule has 2 aliphatic rings. The van der Waals surface area contributed by atoms with Crippen LogP contribution in [0.1, 0.15) is 19.3 Å². The molecule has 0 bridgehead atoms. The molecule has 11 heteroatoms. The number of anilines is 2. The lowest BCUT2D eigenvalue weighted by Gasteiger charge is -2.28. The normalized spacial score (nSPS) is 18.3. The number of ether oxygens (including phenoxy) is 2. The molecular formula is C22H27FN6O3S. The Kier molecular flexibility index (Phi) is 8.15. The summed E-state index contributed by atoms with van der Waals surface area (Å²) in [6, 6.07) is 7.78. The Morgan fingerprint density at radius 2 is 2.03 bits per heavy atom. The van der Waals surface area contributed by atoms with E-state index in [1.165, 1.54) is 28.8 Å². The van der Waals surface area contributed by atoms with Crippen molar-refractivity contribution in [3.05, 3.63) is 30.1 Å². The third kappa shape index (κ3) is 6.01. The van der Waals surface area contributed by atoms with Crippen LogP contribution in [0.5, 0.6) is 0 Å². The molecule has 2 aromatic rings. The van der Waals surface area contributed by atoms with E-state index in [1.807, 2.05) is 4.57 Å². The van der Waals surface area contributed by atoms with Crippen LogP contribution < -0.4 is 9.80 Å². The predicted octanol–water partition coefficient (Wildman–Crippen LogP) is 2.47. The molecule has 1 amide bonds. The first kappa shape index (κ1) is 23.5. The Hall–Kier alpha value is -2.68. The number of morpholine rings is 1. The van der Waals surface area contributed by atoms with Crippen molar-refractivity contribution in [2.24, 2.45) is 0 Å². The monoisotopic (exact) mass is 474 g/mol. The SMILES string of the molecule is N#CCCN(C(=O)CSc1nnc(N2CCOCC2)n1CC1CCCO1)c1ccc(F)cc1. The number of aromatic nitrogens is 3. The largest absolute Gasteiger partial charge is 0.378 e. The molecule has 2 fully saturated rings. The van der Waals surface area contributed by atoms with Crippen molar-refractivity contribution in [3.63, 3.8) is 0 Å². The zero-order valence-corrected chi connectivity index (χ0v) is 19.2. The Morgan fingerprint density at radius 3 is 2.73 bits per heavy atom. The fourth-order valence-electron chi connectivity index (χ4n) is 3.92. The maximum absolute atomic E-state index is 13.3. The lowest BCUT2D eigenvalue weighted by atomic mass is 10.2. The van der Waals surface area contributed by atoms with Gasteiger partial charge in [0.2, 0.25) is 11.9 Å². The number of hydrogen-bond donors (Lipinski definition) is 0. The van der Waals surface area contributed by atoms with Gasteiger partial charge >= 0.3 is 0 Å². The smallest absolute Gasteiger partial charge is 0.237 e. The van der Waals surface area contributed by atoms with Crippen molar-refractivity contribution in [1.29, 1.82) is 5.26 Å². The molecule has 1 aromatic heterocycles. The molecule has 1 unspecified atom stereocenters. The highest BCUT2D eigenvalue weighted by Crippen LogP contribution is 2.27. The van der Waals surface area contributed by atoms with Gasteiger partial charge < -0.3 is 19.3 Å². The third-order valence-corrected chi connectivity index (χ3v) is 6.56. The summed E-state index contributed by atoms with van der Waals surface area (Å²) < 4.78 is 26.7. The van der Waals surface area contributed by atoms with Crippen molar-refractivity contribution in [3.8, 4) is 6.07 Å². The van der Waals surface area contributed by atoms with Crippen molar-refractivity contribution < 1.29 is 18.7 Å². The van der Waals surface area contributed by atoms with E-state index in [-0.39, 0.29) is 36.5 Å². The van der Waals surface area contributed by atoms with Crippen LogP contribution in [0.15, 0.2) is 29.4 Å². The minimum Gasteiger partial charge on any atom is -0.378 e. The quantitative estimate of drug-likeness (QED) is 0.512. The Bertz CT molecular complexity index is 968. The van der Waals surface area contributed by atoms with Gasteiger partial charge in [0.1, 0.15) is 5.82 Å². The average molecular weight is 475 g/mol. The maximum Gasteiger partial charge on any atom is 0.237 e. The fraction of sp³-hybridized carbons (Fsp3) is 0.545. The van der Waals surface area contributed by atoms with Crippen LogP contribution in [0.4, 0.5) is 16.0 Å². The van der Waals surface area contributed by atoms with Crippen LogP contribution in [0.25, 0.3) is 0 Å². The van der Waals surface area contributed by atoms with Crippen molar-refractivity contribution in [1.82, 2.24) is 14.8 Å². The highest BCUT2D eigenvalue weighted by atomic mass is 32.2. The molecule has 1 aromatic carbocycles. The second-order valence-electron chi connectivity index (χ2n) is 7.85. The van der Waals surface area contributed by atoms with Gasteiger partial charge in [-0.1, -0.05) is 11.8 Å².